The number of piperidine rings is 1. The highest BCUT2D eigenvalue weighted by atomic mass is 16.5. The third kappa shape index (κ3) is 5.70. The molecule has 0 bridgehead atoms. The molecule has 2 aromatic carbocycles. The smallest absolute Gasteiger partial charge is 0.163 e. The number of Topliss-reactive ketones (excluding diaryl/α,β-unsaturated/α-hetero) is 1. The molecule has 2 aromatic rings. The van der Waals surface area contributed by atoms with Gasteiger partial charge in [-0.15, -0.1) is 0 Å². The Balaban J connectivity index is 1.41. The van der Waals surface area contributed by atoms with Crippen molar-refractivity contribution in [1.29, 1.82) is 0 Å². The van der Waals surface area contributed by atoms with Crippen LogP contribution in [-0.4, -0.2) is 43.2 Å². The fourth-order valence-electron chi connectivity index (χ4n) is 5.50. The van der Waals surface area contributed by atoms with Gasteiger partial charge in [-0.2, -0.15) is 0 Å². The maximum absolute atomic E-state index is 13.0. The lowest BCUT2D eigenvalue weighted by molar-refractivity contribution is 0.0864. The molecule has 0 radical (unpaired) electrons. The maximum Gasteiger partial charge on any atom is 0.163 e. The maximum atomic E-state index is 13.0. The van der Waals surface area contributed by atoms with Crippen LogP contribution in [0, 0.1) is 5.92 Å². The van der Waals surface area contributed by atoms with E-state index < -0.39 is 0 Å². The minimum Gasteiger partial charge on any atom is -0.455 e. The molecule has 5 heteroatoms. The summed E-state index contributed by atoms with van der Waals surface area (Å²) in [6.45, 7) is 12.1. The van der Waals surface area contributed by atoms with E-state index in [9.17, 15) is 4.79 Å². The van der Waals surface area contributed by atoms with Crippen molar-refractivity contribution in [3.63, 3.8) is 0 Å². The predicted octanol–water partition coefficient (Wildman–Crippen LogP) is 5.45. The summed E-state index contributed by atoms with van der Waals surface area (Å²) in [5.74, 6) is 2.17. The molecule has 2 saturated heterocycles. The molecule has 2 heterocycles. The molecule has 172 valence electrons. The van der Waals surface area contributed by atoms with Crippen molar-refractivity contribution >= 4 is 11.5 Å². The van der Waals surface area contributed by atoms with Crippen LogP contribution in [0.5, 0.6) is 11.5 Å². The first-order chi connectivity index (χ1) is 15.2. The number of hydrogen-bond donors (Lipinski definition) is 1. The molecule has 0 unspecified atom stereocenters. The zero-order chi connectivity index (χ0) is 22.8. The number of carbonyl (C=O) groups is 1. The number of anilines is 1. The Kier molecular flexibility index (Phi) is 6.59. The van der Waals surface area contributed by atoms with Gasteiger partial charge in [-0.25, -0.2) is 0 Å². The van der Waals surface area contributed by atoms with E-state index in [1.807, 2.05) is 42.5 Å². The second-order valence-corrected chi connectivity index (χ2v) is 10.5. The molecule has 32 heavy (non-hydrogen) atoms. The molecule has 0 spiro atoms. The summed E-state index contributed by atoms with van der Waals surface area (Å²) in [5, 5.41) is 3.70. The number of hydrogen-bond acceptors (Lipinski definition) is 5. The number of ether oxygens (including phenoxy) is 2. The fraction of sp³-hybridized carbons (Fsp3) is 0.519. The van der Waals surface area contributed by atoms with Crippen molar-refractivity contribution in [3.8, 4) is 11.5 Å². The largest absolute Gasteiger partial charge is 0.455 e. The van der Waals surface area contributed by atoms with Crippen LogP contribution in [0.3, 0.4) is 0 Å². The van der Waals surface area contributed by atoms with Gasteiger partial charge in [0.25, 0.3) is 0 Å². The van der Waals surface area contributed by atoms with Gasteiger partial charge in [0.2, 0.25) is 0 Å². The van der Waals surface area contributed by atoms with Gasteiger partial charge in [0.15, 0.2) is 11.5 Å². The molecule has 2 aliphatic rings. The number of ketones is 1. The number of nitrogens with zero attached hydrogens (tertiary/aromatic N) is 1. The van der Waals surface area contributed by atoms with Crippen molar-refractivity contribution in [2.75, 3.05) is 31.2 Å². The van der Waals surface area contributed by atoms with Gasteiger partial charge in [-0.1, -0.05) is 12.1 Å². The highest BCUT2D eigenvalue weighted by Gasteiger charge is 2.38. The summed E-state index contributed by atoms with van der Waals surface area (Å²) in [4.78, 5) is 15.3. The number of nitrogens with one attached hydrogen (secondary N) is 1. The minimum absolute atomic E-state index is 0.0538. The van der Waals surface area contributed by atoms with Crippen LogP contribution in [0.2, 0.25) is 0 Å². The summed E-state index contributed by atoms with van der Waals surface area (Å²) in [7, 11) is 0. The van der Waals surface area contributed by atoms with Crippen LogP contribution in [0.1, 0.15) is 57.3 Å². The number of carbonyl (C=O) groups excluding carboxylic acids is 1. The first-order valence-electron chi connectivity index (χ1n) is 11.7. The Labute approximate surface area is 192 Å². The Bertz CT molecular complexity index is 914. The molecule has 0 aliphatic carbocycles. The molecular weight excluding hydrogens is 400 g/mol. The third-order valence-corrected chi connectivity index (χ3v) is 6.37. The molecule has 1 N–H and O–H groups in total. The normalized spacial score (nSPS) is 20.7. The van der Waals surface area contributed by atoms with E-state index in [1.165, 1.54) is 0 Å². The standard InChI is InChI=1S/C27H36N2O3/c1-26(2)18-20(19-27(3,4)28-26)17-24(30)21-9-11-22(12-10-21)32-25-8-6-5-7-23(25)29-13-15-31-16-14-29/h5-12,20,28H,13-19H2,1-4H3. The average molecular weight is 437 g/mol. The van der Waals surface area contributed by atoms with Gasteiger partial charge in [0.1, 0.15) is 5.75 Å². The van der Waals surface area contributed by atoms with E-state index in [0.29, 0.717) is 12.3 Å². The highest BCUT2D eigenvalue weighted by Crippen LogP contribution is 2.36. The topological polar surface area (TPSA) is 50.8 Å². The molecule has 4 rings (SSSR count). The summed E-state index contributed by atoms with van der Waals surface area (Å²) >= 11 is 0. The lowest BCUT2D eigenvalue weighted by atomic mass is 9.74. The molecule has 2 aliphatic heterocycles. The van der Waals surface area contributed by atoms with Crippen molar-refractivity contribution in [2.24, 2.45) is 5.92 Å². The molecule has 0 amide bonds. The summed E-state index contributed by atoms with van der Waals surface area (Å²) < 4.78 is 11.7. The summed E-state index contributed by atoms with van der Waals surface area (Å²) in [6, 6.07) is 15.7. The quantitative estimate of drug-likeness (QED) is 0.611. The van der Waals surface area contributed by atoms with Crippen LogP contribution < -0.4 is 15.0 Å². The van der Waals surface area contributed by atoms with Gasteiger partial charge in [0, 0.05) is 36.2 Å². The van der Waals surface area contributed by atoms with Gasteiger partial charge < -0.3 is 19.7 Å². The Morgan fingerprint density at radius 1 is 1.00 bits per heavy atom. The van der Waals surface area contributed by atoms with Crippen molar-refractivity contribution in [1.82, 2.24) is 5.32 Å². The van der Waals surface area contributed by atoms with Crippen LogP contribution in [-0.2, 0) is 4.74 Å². The van der Waals surface area contributed by atoms with Gasteiger partial charge in [-0.3, -0.25) is 4.79 Å². The van der Waals surface area contributed by atoms with E-state index >= 15 is 0 Å². The van der Waals surface area contributed by atoms with Crippen LogP contribution in [0.4, 0.5) is 5.69 Å². The molecule has 5 nitrogen and oxygen atoms in total. The first kappa shape index (κ1) is 22.8. The van der Waals surface area contributed by atoms with Crippen LogP contribution in [0.25, 0.3) is 0 Å². The minimum atomic E-state index is 0.0538. The van der Waals surface area contributed by atoms with E-state index in [2.05, 4.69) is 44.0 Å². The zero-order valence-corrected chi connectivity index (χ0v) is 19.8. The predicted molar refractivity (Wildman–Crippen MR) is 129 cm³/mol. The third-order valence-electron chi connectivity index (χ3n) is 6.37. The lowest BCUT2D eigenvalue weighted by Gasteiger charge is -2.46. The molecule has 0 saturated carbocycles. The van der Waals surface area contributed by atoms with Crippen molar-refractivity contribution < 1.29 is 14.3 Å². The van der Waals surface area contributed by atoms with Crippen molar-refractivity contribution in [3.05, 3.63) is 54.1 Å². The second-order valence-electron chi connectivity index (χ2n) is 10.5. The zero-order valence-electron chi connectivity index (χ0n) is 19.8. The van der Waals surface area contributed by atoms with Crippen LogP contribution >= 0.6 is 0 Å². The summed E-state index contributed by atoms with van der Waals surface area (Å²) in [5.41, 5.74) is 1.94. The first-order valence-corrected chi connectivity index (χ1v) is 11.7. The van der Waals surface area contributed by atoms with Gasteiger partial charge in [0.05, 0.1) is 18.9 Å². The Morgan fingerprint density at radius 2 is 1.62 bits per heavy atom. The highest BCUT2D eigenvalue weighted by molar-refractivity contribution is 5.96. The fourth-order valence-corrected chi connectivity index (χ4v) is 5.50. The second kappa shape index (κ2) is 9.24. The van der Waals surface area contributed by atoms with E-state index in [4.69, 9.17) is 9.47 Å². The van der Waals surface area contributed by atoms with Crippen LogP contribution in [0.15, 0.2) is 48.5 Å². The molecule has 2 fully saturated rings. The van der Waals surface area contributed by atoms with E-state index in [1.54, 1.807) is 0 Å². The SMILES string of the molecule is CC1(C)CC(CC(=O)c2ccc(Oc3ccccc3N3CCOCC3)cc2)CC(C)(C)N1. The Hall–Kier alpha value is -2.37. The lowest BCUT2D eigenvalue weighted by Crippen LogP contribution is -2.57. The number of para-hydroxylation sites is 2. The van der Waals surface area contributed by atoms with Gasteiger partial charge >= 0.3 is 0 Å². The monoisotopic (exact) mass is 436 g/mol. The number of benzene rings is 2. The average Bonchev–Trinajstić information content (AvgIpc) is 2.73. The number of rotatable bonds is 6. The summed E-state index contributed by atoms with van der Waals surface area (Å²) in [6.07, 6.45) is 2.62. The molecular formula is C27H36N2O3. The number of morpholine rings is 1. The van der Waals surface area contributed by atoms with Crippen molar-refractivity contribution in [2.45, 2.75) is 58.0 Å². The molecule has 0 atom stereocenters. The molecule has 0 aromatic heterocycles. The van der Waals surface area contributed by atoms with E-state index in [0.717, 1.165) is 61.9 Å². The van der Waals surface area contributed by atoms with E-state index in [-0.39, 0.29) is 16.9 Å². The Morgan fingerprint density at radius 3 is 2.28 bits per heavy atom. The van der Waals surface area contributed by atoms with Gasteiger partial charge in [-0.05, 0) is 82.9 Å².